The van der Waals surface area contributed by atoms with Crippen molar-refractivity contribution >= 4 is 28.2 Å². The number of nitrogens with one attached hydrogen (secondary N) is 1. The predicted octanol–water partition coefficient (Wildman–Crippen LogP) is 4.60. The minimum atomic E-state index is -0.242. The lowest BCUT2D eigenvalue weighted by Crippen LogP contribution is -2.09. The molecule has 0 spiro atoms. The van der Waals surface area contributed by atoms with Crippen LogP contribution in [0.4, 0.5) is 10.1 Å². The summed E-state index contributed by atoms with van der Waals surface area (Å²) < 4.78 is 13.9. The molecule has 0 aliphatic carbocycles. The number of aromatic nitrogens is 2. The Morgan fingerprint density at radius 1 is 1.19 bits per heavy atom. The van der Waals surface area contributed by atoms with Crippen LogP contribution < -0.4 is 5.32 Å². The molecule has 3 nitrogen and oxygen atoms in total. The average Bonchev–Trinajstić information content (AvgIpc) is 2.50. The molecule has 0 amide bonds. The van der Waals surface area contributed by atoms with Gasteiger partial charge in [-0.1, -0.05) is 29.8 Å². The third kappa shape index (κ3) is 2.67. The fourth-order valence-corrected chi connectivity index (χ4v) is 2.49. The highest BCUT2D eigenvalue weighted by Gasteiger charge is 2.14. The van der Waals surface area contributed by atoms with Crippen LogP contribution in [0.15, 0.2) is 48.9 Å². The number of anilines is 1. The van der Waals surface area contributed by atoms with Crippen LogP contribution in [0.5, 0.6) is 0 Å². The first-order valence-electron chi connectivity index (χ1n) is 6.56. The Morgan fingerprint density at radius 2 is 2.00 bits per heavy atom. The topological polar surface area (TPSA) is 37.8 Å². The number of pyridine rings is 2. The van der Waals surface area contributed by atoms with Crippen molar-refractivity contribution in [2.75, 3.05) is 5.32 Å². The Hall–Kier alpha value is -2.20. The molecule has 21 heavy (non-hydrogen) atoms. The molecule has 0 radical (unpaired) electrons. The highest BCUT2D eigenvalue weighted by molar-refractivity contribution is 6.34. The van der Waals surface area contributed by atoms with Crippen molar-refractivity contribution in [3.8, 4) is 0 Å². The highest BCUT2D eigenvalue weighted by atomic mass is 35.5. The number of hydrogen-bond acceptors (Lipinski definition) is 3. The van der Waals surface area contributed by atoms with Gasteiger partial charge >= 0.3 is 0 Å². The summed E-state index contributed by atoms with van der Waals surface area (Å²) in [6.07, 6.45) is 4.92. The van der Waals surface area contributed by atoms with E-state index >= 15 is 0 Å². The largest absolute Gasteiger partial charge is 0.377 e. The van der Waals surface area contributed by atoms with Crippen LogP contribution in [0.3, 0.4) is 0 Å². The van der Waals surface area contributed by atoms with Gasteiger partial charge in [-0.05, 0) is 19.1 Å². The highest BCUT2D eigenvalue weighted by Crippen LogP contribution is 2.32. The SMILES string of the molecule is CC(Nc1c(Cl)cnc2cnccc12)c1ccccc1F. The van der Waals surface area contributed by atoms with Gasteiger partial charge < -0.3 is 5.32 Å². The smallest absolute Gasteiger partial charge is 0.128 e. The molecule has 1 atom stereocenters. The van der Waals surface area contributed by atoms with Crippen LogP contribution in [0.25, 0.3) is 10.9 Å². The van der Waals surface area contributed by atoms with E-state index in [1.165, 1.54) is 6.07 Å². The Kier molecular flexibility index (Phi) is 3.71. The van der Waals surface area contributed by atoms with Crippen LogP contribution in [-0.4, -0.2) is 9.97 Å². The summed E-state index contributed by atoms with van der Waals surface area (Å²) in [6.45, 7) is 1.89. The first-order valence-corrected chi connectivity index (χ1v) is 6.94. The first-order chi connectivity index (χ1) is 10.2. The number of benzene rings is 1. The van der Waals surface area contributed by atoms with Crippen LogP contribution in [-0.2, 0) is 0 Å². The molecule has 1 N–H and O–H groups in total. The molecule has 0 saturated carbocycles. The van der Waals surface area contributed by atoms with Gasteiger partial charge in [-0.3, -0.25) is 9.97 Å². The molecule has 1 unspecified atom stereocenters. The quantitative estimate of drug-likeness (QED) is 0.768. The summed E-state index contributed by atoms with van der Waals surface area (Å²) in [5.41, 5.74) is 2.07. The van der Waals surface area contributed by atoms with Gasteiger partial charge in [0.15, 0.2) is 0 Å². The molecule has 3 aromatic rings. The summed E-state index contributed by atoms with van der Waals surface area (Å²) in [6, 6.07) is 8.31. The molecule has 0 saturated heterocycles. The molecule has 1 aromatic carbocycles. The summed E-state index contributed by atoms with van der Waals surface area (Å²) in [7, 11) is 0. The monoisotopic (exact) mass is 301 g/mol. The second-order valence-electron chi connectivity index (χ2n) is 4.76. The van der Waals surface area contributed by atoms with Gasteiger partial charge in [0.05, 0.1) is 28.5 Å². The molecule has 2 heterocycles. The average molecular weight is 302 g/mol. The van der Waals surface area contributed by atoms with E-state index in [0.29, 0.717) is 10.6 Å². The van der Waals surface area contributed by atoms with Crippen molar-refractivity contribution in [1.29, 1.82) is 0 Å². The lowest BCUT2D eigenvalue weighted by atomic mass is 10.1. The van der Waals surface area contributed by atoms with Crippen molar-refractivity contribution < 1.29 is 4.39 Å². The maximum Gasteiger partial charge on any atom is 0.128 e. The standard InChI is InChI=1S/C16H13ClFN3/c1-10(11-4-2-3-5-14(11)18)21-16-12-6-7-19-9-15(12)20-8-13(16)17/h2-10H,1H3,(H,20,21). The van der Waals surface area contributed by atoms with E-state index in [9.17, 15) is 4.39 Å². The second-order valence-corrected chi connectivity index (χ2v) is 5.17. The van der Waals surface area contributed by atoms with Crippen molar-refractivity contribution in [2.24, 2.45) is 0 Å². The van der Waals surface area contributed by atoms with E-state index in [2.05, 4.69) is 15.3 Å². The third-order valence-corrected chi connectivity index (χ3v) is 3.64. The van der Waals surface area contributed by atoms with Gasteiger partial charge in [0, 0.05) is 23.3 Å². The second kappa shape index (κ2) is 5.66. The van der Waals surface area contributed by atoms with Crippen LogP contribution in [0.2, 0.25) is 5.02 Å². The fourth-order valence-electron chi connectivity index (χ4n) is 2.29. The third-order valence-electron chi connectivity index (χ3n) is 3.36. The fraction of sp³-hybridized carbons (Fsp3) is 0.125. The summed E-state index contributed by atoms with van der Waals surface area (Å²) in [5.74, 6) is -0.242. The minimum Gasteiger partial charge on any atom is -0.377 e. The maximum atomic E-state index is 13.9. The Labute approximate surface area is 126 Å². The number of halogens is 2. The normalized spacial score (nSPS) is 12.3. The maximum absolute atomic E-state index is 13.9. The van der Waals surface area contributed by atoms with E-state index in [4.69, 9.17) is 11.6 Å². The molecule has 3 rings (SSSR count). The van der Waals surface area contributed by atoms with Crippen molar-refractivity contribution in [3.63, 3.8) is 0 Å². The number of fused-ring (bicyclic) bond motifs is 1. The number of nitrogens with zero attached hydrogens (tertiary/aromatic N) is 2. The van der Waals surface area contributed by atoms with Gasteiger partial charge in [0.1, 0.15) is 5.82 Å². The van der Waals surface area contributed by atoms with Gasteiger partial charge in [0.2, 0.25) is 0 Å². The molecule has 106 valence electrons. The molecule has 2 aromatic heterocycles. The van der Waals surface area contributed by atoms with Crippen LogP contribution >= 0.6 is 11.6 Å². The lowest BCUT2D eigenvalue weighted by molar-refractivity contribution is 0.600. The summed E-state index contributed by atoms with van der Waals surface area (Å²) in [4.78, 5) is 8.27. The lowest BCUT2D eigenvalue weighted by Gasteiger charge is -2.18. The molecular formula is C16H13ClFN3. The van der Waals surface area contributed by atoms with E-state index in [1.807, 2.05) is 19.1 Å². The molecule has 5 heteroatoms. The zero-order valence-electron chi connectivity index (χ0n) is 11.3. The van der Waals surface area contributed by atoms with Gasteiger partial charge in [-0.15, -0.1) is 0 Å². The number of hydrogen-bond donors (Lipinski definition) is 1. The first kappa shape index (κ1) is 13.8. The van der Waals surface area contributed by atoms with Crippen molar-refractivity contribution in [1.82, 2.24) is 9.97 Å². The minimum absolute atomic E-state index is 0.220. The molecular weight excluding hydrogens is 289 g/mol. The van der Waals surface area contributed by atoms with Crippen molar-refractivity contribution in [3.05, 3.63) is 65.3 Å². The Morgan fingerprint density at radius 3 is 2.81 bits per heavy atom. The van der Waals surface area contributed by atoms with E-state index in [0.717, 1.165) is 16.6 Å². The number of rotatable bonds is 3. The van der Waals surface area contributed by atoms with E-state index in [-0.39, 0.29) is 11.9 Å². The van der Waals surface area contributed by atoms with E-state index in [1.54, 1.807) is 30.7 Å². The molecule has 0 bridgehead atoms. The summed E-state index contributed by atoms with van der Waals surface area (Å²) >= 11 is 6.24. The zero-order chi connectivity index (χ0) is 14.8. The van der Waals surface area contributed by atoms with Gasteiger partial charge in [0.25, 0.3) is 0 Å². The Bertz CT molecular complexity index is 791. The molecule has 0 fully saturated rings. The molecule has 0 aliphatic rings. The van der Waals surface area contributed by atoms with Gasteiger partial charge in [-0.25, -0.2) is 4.39 Å². The van der Waals surface area contributed by atoms with E-state index < -0.39 is 0 Å². The summed E-state index contributed by atoms with van der Waals surface area (Å²) in [5, 5.41) is 4.63. The van der Waals surface area contributed by atoms with Crippen molar-refractivity contribution in [2.45, 2.75) is 13.0 Å². The van der Waals surface area contributed by atoms with Crippen LogP contribution in [0.1, 0.15) is 18.5 Å². The van der Waals surface area contributed by atoms with Gasteiger partial charge in [-0.2, -0.15) is 0 Å². The predicted molar refractivity (Wildman–Crippen MR) is 83.0 cm³/mol. The van der Waals surface area contributed by atoms with Crippen LogP contribution in [0, 0.1) is 5.82 Å². The molecule has 0 aliphatic heterocycles. The zero-order valence-corrected chi connectivity index (χ0v) is 12.1. The Balaban J connectivity index is 2.02.